The summed E-state index contributed by atoms with van der Waals surface area (Å²) in [4.78, 5) is 0.120. The third kappa shape index (κ3) is 2.54. The number of hydrogen-bond donors (Lipinski definition) is 1. The van der Waals surface area contributed by atoms with Gasteiger partial charge in [0.1, 0.15) is 16.3 Å². The number of aromatic nitrogens is 1. The van der Waals surface area contributed by atoms with Gasteiger partial charge in [0.15, 0.2) is 5.76 Å². The van der Waals surface area contributed by atoms with Crippen LogP contribution in [0.3, 0.4) is 0 Å². The summed E-state index contributed by atoms with van der Waals surface area (Å²) >= 11 is 0. The Labute approximate surface area is 123 Å². The van der Waals surface area contributed by atoms with E-state index >= 15 is 0 Å². The topological polar surface area (TPSA) is 81.4 Å². The minimum absolute atomic E-state index is 0.0106. The van der Waals surface area contributed by atoms with Crippen molar-refractivity contribution in [3.8, 4) is 5.75 Å². The average molecular weight is 308 g/mol. The van der Waals surface area contributed by atoms with Crippen LogP contribution in [0.1, 0.15) is 22.9 Å². The van der Waals surface area contributed by atoms with E-state index in [0.29, 0.717) is 18.1 Å². The number of benzene rings is 1. The fourth-order valence-electron chi connectivity index (χ4n) is 2.54. The first-order valence-corrected chi connectivity index (χ1v) is 8.11. The van der Waals surface area contributed by atoms with Crippen molar-refractivity contribution in [2.75, 3.05) is 13.2 Å². The average Bonchev–Trinajstić information content (AvgIpc) is 3.01. The van der Waals surface area contributed by atoms with Crippen LogP contribution in [0.4, 0.5) is 0 Å². The Morgan fingerprint density at radius 3 is 2.81 bits per heavy atom. The molecule has 1 aromatic carbocycles. The summed E-state index contributed by atoms with van der Waals surface area (Å²) in [6.45, 7) is 3.95. The molecule has 1 unspecified atom stereocenters. The van der Waals surface area contributed by atoms with E-state index < -0.39 is 10.0 Å². The lowest BCUT2D eigenvalue weighted by Gasteiger charge is -2.10. The molecule has 1 N–H and O–H groups in total. The Hall–Kier alpha value is -1.86. The lowest BCUT2D eigenvalue weighted by Crippen LogP contribution is -2.29. The minimum atomic E-state index is -3.63. The van der Waals surface area contributed by atoms with Crippen LogP contribution in [0.5, 0.6) is 5.75 Å². The first-order chi connectivity index (χ1) is 9.99. The summed E-state index contributed by atoms with van der Waals surface area (Å²) in [6, 6.07) is 7.66. The maximum atomic E-state index is 12.4. The standard InChI is InChI=1S/C14H16N2O4S/c1-9-14(10(2)20-16-9)21(17,18)15-7-11-8-19-13-6-4-3-5-12(11)13/h3-6,11,15H,7-8H2,1-2H3. The number of nitrogens with zero attached hydrogens (tertiary/aromatic N) is 1. The van der Waals surface area contributed by atoms with Crippen molar-refractivity contribution in [1.29, 1.82) is 0 Å². The van der Waals surface area contributed by atoms with Crippen LogP contribution in [0.25, 0.3) is 0 Å². The highest BCUT2D eigenvalue weighted by atomic mass is 32.2. The number of sulfonamides is 1. The Morgan fingerprint density at radius 1 is 1.33 bits per heavy atom. The molecular formula is C14H16N2O4S. The Balaban J connectivity index is 1.77. The summed E-state index contributed by atoms with van der Waals surface area (Å²) in [7, 11) is -3.63. The molecule has 6 nitrogen and oxygen atoms in total. The molecule has 0 amide bonds. The summed E-state index contributed by atoms with van der Waals surface area (Å²) in [5.41, 5.74) is 1.39. The predicted octanol–water partition coefficient (Wildman–Crippen LogP) is 1.75. The van der Waals surface area contributed by atoms with Crippen molar-refractivity contribution < 1.29 is 17.7 Å². The Morgan fingerprint density at radius 2 is 2.10 bits per heavy atom. The second-order valence-electron chi connectivity index (χ2n) is 5.05. The molecule has 21 heavy (non-hydrogen) atoms. The third-order valence-electron chi connectivity index (χ3n) is 3.56. The summed E-state index contributed by atoms with van der Waals surface area (Å²) in [5.74, 6) is 1.12. The molecule has 0 saturated carbocycles. The van der Waals surface area contributed by atoms with Gasteiger partial charge in [-0.3, -0.25) is 0 Å². The van der Waals surface area contributed by atoms with E-state index in [1.807, 2.05) is 24.3 Å². The zero-order chi connectivity index (χ0) is 15.0. The zero-order valence-corrected chi connectivity index (χ0v) is 12.6. The number of rotatable bonds is 4. The number of nitrogens with one attached hydrogen (secondary N) is 1. The number of aryl methyl sites for hydroxylation is 2. The lowest BCUT2D eigenvalue weighted by atomic mass is 10.0. The number of hydrogen-bond acceptors (Lipinski definition) is 5. The molecule has 0 aliphatic carbocycles. The Kier molecular flexibility index (Phi) is 3.46. The van der Waals surface area contributed by atoms with Crippen molar-refractivity contribution in [1.82, 2.24) is 9.88 Å². The fourth-order valence-corrected chi connectivity index (χ4v) is 3.95. The lowest BCUT2D eigenvalue weighted by molar-refractivity contribution is 0.330. The van der Waals surface area contributed by atoms with Crippen LogP contribution < -0.4 is 9.46 Å². The molecular weight excluding hydrogens is 292 g/mol. The molecule has 0 radical (unpaired) electrons. The molecule has 0 spiro atoms. The smallest absolute Gasteiger partial charge is 0.245 e. The minimum Gasteiger partial charge on any atom is -0.493 e. The number of ether oxygens (including phenoxy) is 1. The van der Waals surface area contributed by atoms with E-state index in [9.17, 15) is 8.42 Å². The van der Waals surface area contributed by atoms with E-state index in [4.69, 9.17) is 9.26 Å². The monoisotopic (exact) mass is 308 g/mol. The van der Waals surface area contributed by atoms with Gasteiger partial charge in [-0.1, -0.05) is 23.4 Å². The van der Waals surface area contributed by atoms with Crippen molar-refractivity contribution in [3.05, 3.63) is 41.3 Å². The molecule has 1 atom stereocenters. The summed E-state index contributed by atoms with van der Waals surface area (Å²) in [5, 5.41) is 3.68. The molecule has 0 saturated heterocycles. The van der Waals surface area contributed by atoms with Crippen LogP contribution in [-0.4, -0.2) is 26.7 Å². The molecule has 2 heterocycles. The second kappa shape index (κ2) is 5.16. The predicted molar refractivity (Wildman–Crippen MR) is 75.8 cm³/mol. The normalized spacial score (nSPS) is 17.5. The van der Waals surface area contributed by atoms with Crippen LogP contribution in [0, 0.1) is 13.8 Å². The van der Waals surface area contributed by atoms with E-state index in [1.54, 1.807) is 13.8 Å². The summed E-state index contributed by atoms with van der Waals surface area (Å²) in [6.07, 6.45) is 0. The van der Waals surface area contributed by atoms with Crippen LogP contribution in [0.2, 0.25) is 0 Å². The highest BCUT2D eigenvalue weighted by Crippen LogP contribution is 2.33. The molecule has 1 aliphatic rings. The quantitative estimate of drug-likeness (QED) is 0.930. The van der Waals surface area contributed by atoms with Crippen molar-refractivity contribution in [3.63, 3.8) is 0 Å². The van der Waals surface area contributed by atoms with Gasteiger partial charge in [0, 0.05) is 18.0 Å². The molecule has 1 aromatic heterocycles. The van der Waals surface area contributed by atoms with E-state index in [2.05, 4.69) is 9.88 Å². The van der Waals surface area contributed by atoms with Gasteiger partial charge in [-0.15, -0.1) is 0 Å². The zero-order valence-electron chi connectivity index (χ0n) is 11.8. The highest BCUT2D eigenvalue weighted by molar-refractivity contribution is 7.89. The summed E-state index contributed by atoms with van der Waals surface area (Å²) < 4.78 is 37.8. The van der Waals surface area contributed by atoms with Gasteiger partial charge in [-0.2, -0.15) is 0 Å². The molecule has 3 rings (SSSR count). The number of fused-ring (bicyclic) bond motifs is 1. The van der Waals surface area contributed by atoms with Gasteiger partial charge in [0.25, 0.3) is 0 Å². The first-order valence-electron chi connectivity index (χ1n) is 6.63. The molecule has 112 valence electrons. The molecule has 0 bridgehead atoms. The van der Waals surface area contributed by atoms with Gasteiger partial charge >= 0.3 is 0 Å². The van der Waals surface area contributed by atoms with Gasteiger partial charge in [-0.25, -0.2) is 13.1 Å². The molecule has 2 aromatic rings. The van der Waals surface area contributed by atoms with Gasteiger partial charge in [-0.05, 0) is 19.9 Å². The van der Waals surface area contributed by atoms with Crippen LogP contribution in [0.15, 0.2) is 33.7 Å². The van der Waals surface area contributed by atoms with E-state index in [-0.39, 0.29) is 17.4 Å². The second-order valence-corrected chi connectivity index (χ2v) is 6.75. The van der Waals surface area contributed by atoms with Crippen LogP contribution in [-0.2, 0) is 10.0 Å². The SMILES string of the molecule is Cc1noc(C)c1S(=O)(=O)NCC1COc2ccccc21. The maximum Gasteiger partial charge on any atom is 0.245 e. The van der Waals surface area contributed by atoms with Crippen molar-refractivity contribution >= 4 is 10.0 Å². The van der Waals surface area contributed by atoms with Crippen molar-refractivity contribution in [2.24, 2.45) is 0 Å². The van der Waals surface area contributed by atoms with Crippen molar-refractivity contribution in [2.45, 2.75) is 24.7 Å². The number of para-hydroxylation sites is 1. The fraction of sp³-hybridized carbons (Fsp3) is 0.357. The van der Waals surface area contributed by atoms with E-state index in [0.717, 1.165) is 11.3 Å². The van der Waals surface area contributed by atoms with E-state index in [1.165, 1.54) is 0 Å². The molecule has 0 fully saturated rings. The van der Waals surface area contributed by atoms with Gasteiger partial charge < -0.3 is 9.26 Å². The molecule has 1 aliphatic heterocycles. The largest absolute Gasteiger partial charge is 0.493 e. The van der Waals surface area contributed by atoms with Gasteiger partial charge in [0.05, 0.1) is 6.61 Å². The van der Waals surface area contributed by atoms with Gasteiger partial charge in [0.2, 0.25) is 10.0 Å². The Bertz CT molecular complexity index is 748. The maximum absolute atomic E-state index is 12.4. The van der Waals surface area contributed by atoms with Crippen LogP contribution >= 0.6 is 0 Å². The third-order valence-corrected chi connectivity index (χ3v) is 5.22. The first kappa shape index (κ1) is 14.1. The molecule has 7 heteroatoms. The highest BCUT2D eigenvalue weighted by Gasteiger charge is 2.28.